The van der Waals surface area contributed by atoms with Crippen LogP contribution in [0.5, 0.6) is 0 Å². The van der Waals surface area contributed by atoms with E-state index in [1.165, 1.54) is 0 Å². The van der Waals surface area contributed by atoms with Crippen molar-refractivity contribution < 1.29 is 14.4 Å². The monoisotopic (exact) mass is 447 g/mol. The molecule has 174 valence electrons. The van der Waals surface area contributed by atoms with Crippen LogP contribution in [0.2, 0.25) is 0 Å². The molecule has 1 heterocycles. The molecule has 1 atom stereocenters. The molecule has 0 spiro atoms. The summed E-state index contributed by atoms with van der Waals surface area (Å²) >= 11 is 0. The smallest absolute Gasteiger partial charge is 0.251 e. The van der Waals surface area contributed by atoms with E-state index >= 15 is 0 Å². The van der Waals surface area contributed by atoms with E-state index in [1.807, 2.05) is 60.7 Å². The molecule has 0 aromatic heterocycles. The lowest BCUT2D eigenvalue weighted by molar-refractivity contribution is -0.138. The minimum atomic E-state index is -0.358. The van der Waals surface area contributed by atoms with Crippen LogP contribution in [0.3, 0.4) is 0 Å². The fraction of sp³-hybridized carbons (Fsp3) is 0.444. The molecule has 33 heavy (non-hydrogen) atoms. The number of hydrogen-bond acceptors (Lipinski definition) is 3. The molecule has 1 aliphatic carbocycles. The second-order valence-corrected chi connectivity index (χ2v) is 9.13. The number of nitrogens with one attached hydrogen (secondary N) is 2. The van der Waals surface area contributed by atoms with Gasteiger partial charge in [-0.3, -0.25) is 14.4 Å². The molecule has 1 aliphatic heterocycles. The van der Waals surface area contributed by atoms with Crippen LogP contribution in [-0.4, -0.2) is 47.3 Å². The van der Waals surface area contributed by atoms with Gasteiger partial charge < -0.3 is 15.5 Å². The van der Waals surface area contributed by atoms with Gasteiger partial charge in [0.25, 0.3) is 5.91 Å². The third kappa shape index (κ3) is 6.21. The van der Waals surface area contributed by atoms with Crippen molar-refractivity contribution in [3.63, 3.8) is 0 Å². The highest BCUT2D eigenvalue weighted by molar-refractivity contribution is 5.94. The number of hydrogen-bond donors (Lipinski definition) is 2. The lowest BCUT2D eigenvalue weighted by Crippen LogP contribution is -2.50. The third-order valence-corrected chi connectivity index (χ3v) is 6.79. The Bertz CT molecular complexity index is 940. The largest absolute Gasteiger partial charge is 0.352 e. The van der Waals surface area contributed by atoms with Crippen molar-refractivity contribution in [1.29, 1.82) is 0 Å². The summed E-state index contributed by atoms with van der Waals surface area (Å²) in [5.41, 5.74) is 1.81. The Balaban J connectivity index is 1.22. The molecule has 1 saturated carbocycles. The molecule has 0 bridgehead atoms. The standard InChI is InChI=1S/C27H33N3O3/c31-25(18-13-20-8-3-1-4-9-20)30-19-7-12-24(30)27(33)29-23-16-14-22(15-17-23)28-26(32)21-10-5-2-6-11-21/h1-6,8-11,22-24H,7,12-19H2,(H,28,32)(H,29,33)/t22?,23?,24-/m0/s1. The zero-order valence-electron chi connectivity index (χ0n) is 19.0. The Labute approximate surface area is 195 Å². The van der Waals surface area contributed by atoms with Crippen LogP contribution in [0.15, 0.2) is 60.7 Å². The first-order valence-corrected chi connectivity index (χ1v) is 12.1. The Morgan fingerprint density at radius 1 is 0.788 bits per heavy atom. The predicted octanol–water partition coefficient (Wildman–Crippen LogP) is 3.47. The summed E-state index contributed by atoms with van der Waals surface area (Å²) in [6.07, 6.45) is 6.07. The molecule has 2 aliphatic rings. The number of amides is 3. The van der Waals surface area contributed by atoms with Crippen molar-refractivity contribution in [2.45, 2.75) is 69.5 Å². The zero-order valence-corrected chi connectivity index (χ0v) is 19.0. The number of rotatable bonds is 7. The highest BCUT2D eigenvalue weighted by Gasteiger charge is 2.35. The first kappa shape index (κ1) is 23.0. The number of benzene rings is 2. The fourth-order valence-electron chi connectivity index (χ4n) is 4.92. The summed E-state index contributed by atoms with van der Waals surface area (Å²) in [4.78, 5) is 39.9. The average Bonchev–Trinajstić information content (AvgIpc) is 3.35. The van der Waals surface area contributed by atoms with Gasteiger partial charge in [0.2, 0.25) is 11.8 Å². The number of aryl methyl sites for hydroxylation is 1. The van der Waals surface area contributed by atoms with Crippen molar-refractivity contribution in [3.8, 4) is 0 Å². The number of nitrogens with zero attached hydrogens (tertiary/aromatic N) is 1. The van der Waals surface area contributed by atoms with E-state index in [-0.39, 0.29) is 35.8 Å². The maximum Gasteiger partial charge on any atom is 0.251 e. The van der Waals surface area contributed by atoms with E-state index in [4.69, 9.17) is 0 Å². The third-order valence-electron chi connectivity index (χ3n) is 6.79. The van der Waals surface area contributed by atoms with E-state index < -0.39 is 0 Å². The van der Waals surface area contributed by atoms with E-state index in [0.29, 0.717) is 24.9 Å². The Kier molecular flexibility index (Phi) is 7.76. The topological polar surface area (TPSA) is 78.5 Å². The van der Waals surface area contributed by atoms with Crippen molar-refractivity contribution in [2.75, 3.05) is 6.54 Å². The molecule has 0 unspecified atom stereocenters. The van der Waals surface area contributed by atoms with E-state index in [2.05, 4.69) is 10.6 Å². The molecular formula is C27H33N3O3. The minimum Gasteiger partial charge on any atom is -0.352 e. The molecule has 2 N–H and O–H groups in total. The van der Waals surface area contributed by atoms with E-state index in [1.54, 1.807) is 4.90 Å². The number of likely N-dealkylation sites (tertiary alicyclic amines) is 1. The summed E-state index contributed by atoms with van der Waals surface area (Å²) < 4.78 is 0. The summed E-state index contributed by atoms with van der Waals surface area (Å²) in [7, 11) is 0. The first-order valence-electron chi connectivity index (χ1n) is 12.1. The molecule has 2 aromatic carbocycles. The Hall–Kier alpha value is -3.15. The lowest BCUT2D eigenvalue weighted by atomic mass is 9.90. The van der Waals surface area contributed by atoms with Crippen LogP contribution in [0.25, 0.3) is 0 Å². The molecule has 6 nitrogen and oxygen atoms in total. The molecule has 4 rings (SSSR count). The quantitative estimate of drug-likeness (QED) is 0.682. The van der Waals surface area contributed by atoms with Gasteiger partial charge in [-0.05, 0) is 62.6 Å². The van der Waals surface area contributed by atoms with Gasteiger partial charge in [-0.2, -0.15) is 0 Å². The normalized spacial score (nSPS) is 22.5. The highest BCUT2D eigenvalue weighted by atomic mass is 16.2. The summed E-state index contributed by atoms with van der Waals surface area (Å²) in [5, 5.41) is 6.29. The lowest BCUT2D eigenvalue weighted by Gasteiger charge is -2.31. The fourth-order valence-corrected chi connectivity index (χ4v) is 4.92. The number of carbonyl (C=O) groups is 3. The zero-order chi connectivity index (χ0) is 23.0. The molecule has 3 amide bonds. The number of carbonyl (C=O) groups excluding carboxylic acids is 3. The van der Waals surface area contributed by atoms with E-state index in [0.717, 1.165) is 44.1 Å². The van der Waals surface area contributed by atoms with Crippen molar-refractivity contribution in [1.82, 2.24) is 15.5 Å². The van der Waals surface area contributed by atoms with Gasteiger partial charge in [-0.15, -0.1) is 0 Å². The molecule has 0 radical (unpaired) electrons. The SMILES string of the molecule is O=C(NC1CCC(NC(=O)[C@@H]2CCCN2C(=O)CCc2ccccc2)CC1)c1ccccc1. The van der Waals surface area contributed by atoms with Crippen molar-refractivity contribution >= 4 is 17.7 Å². The van der Waals surface area contributed by atoms with Crippen molar-refractivity contribution in [3.05, 3.63) is 71.8 Å². The maximum absolute atomic E-state index is 13.0. The Morgan fingerprint density at radius 3 is 2.06 bits per heavy atom. The van der Waals surface area contributed by atoms with Gasteiger partial charge in [0, 0.05) is 30.6 Å². The summed E-state index contributed by atoms with van der Waals surface area (Å²) in [6.45, 7) is 0.657. The van der Waals surface area contributed by atoms with Gasteiger partial charge in [0.15, 0.2) is 0 Å². The molecule has 1 saturated heterocycles. The van der Waals surface area contributed by atoms with Crippen LogP contribution in [0.4, 0.5) is 0 Å². The van der Waals surface area contributed by atoms with Crippen LogP contribution in [0, 0.1) is 0 Å². The summed E-state index contributed by atoms with van der Waals surface area (Å²) in [5.74, 6) is -0.0140. The van der Waals surface area contributed by atoms with Crippen LogP contribution >= 0.6 is 0 Å². The predicted molar refractivity (Wildman–Crippen MR) is 128 cm³/mol. The van der Waals surface area contributed by atoms with Crippen molar-refractivity contribution in [2.24, 2.45) is 0 Å². The minimum absolute atomic E-state index is 0.0302. The van der Waals surface area contributed by atoms with E-state index in [9.17, 15) is 14.4 Å². The van der Waals surface area contributed by atoms with Crippen LogP contribution in [-0.2, 0) is 16.0 Å². The second-order valence-electron chi connectivity index (χ2n) is 9.13. The molecule has 2 fully saturated rings. The van der Waals surface area contributed by atoms with Gasteiger partial charge in [0.1, 0.15) is 6.04 Å². The van der Waals surface area contributed by atoms with Crippen LogP contribution in [0.1, 0.15) is 60.9 Å². The molecule has 2 aromatic rings. The van der Waals surface area contributed by atoms with Gasteiger partial charge in [0.05, 0.1) is 0 Å². The molecule has 6 heteroatoms. The maximum atomic E-state index is 13.0. The Morgan fingerprint density at radius 2 is 1.39 bits per heavy atom. The first-order chi connectivity index (χ1) is 16.1. The average molecular weight is 448 g/mol. The second kappa shape index (κ2) is 11.1. The summed E-state index contributed by atoms with van der Waals surface area (Å²) in [6, 6.07) is 19.1. The highest BCUT2D eigenvalue weighted by Crippen LogP contribution is 2.23. The van der Waals surface area contributed by atoms with Gasteiger partial charge in [-0.1, -0.05) is 48.5 Å². The van der Waals surface area contributed by atoms with Gasteiger partial charge >= 0.3 is 0 Å². The van der Waals surface area contributed by atoms with Gasteiger partial charge in [-0.25, -0.2) is 0 Å². The molecular weight excluding hydrogens is 414 g/mol. The van der Waals surface area contributed by atoms with Crippen LogP contribution < -0.4 is 10.6 Å².